The number of rotatable bonds is 10. The van der Waals surface area contributed by atoms with Crippen LogP contribution < -0.4 is 10.6 Å². The van der Waals surface area contributed by atoms with Crippen LogP contribution in [0, 0.1) is 5.41 Å². The van der Waals surface area contributed by atoms with Crippen LogP contribution in [0.3, 0.4) is 0 Å². The maximum Gasteiger partial charge on any atom is 0.191 e. The van der Waals surface area contributed by atoms with Gasteiger partial charge in [0.05, 0.1) is 19.3 Å². The lowest BCUT2D eigenvalue weighted by Gasteiger charge is -2.15. The molecule has 0 aromatic heterocycles. The van der Waals surface area contributed by atoms with Crippen molar-refractivity contribution in [3.8, 4) is 0 Å². The van der Waals surface area contributed by atoms with Gasteiger partial charge in [-0.2, -0.15) is 0 Å². The second kappa shape index (κ2) is 9.64. The van der Waals surface area contributed by atoms with Crippen LogP contribution in [0.4, 0.5) is 0 Å². The molecule has 1 fully saturated rings. The summed E-state index contributed by atoms with van der Waals surface area (Å²) in [7, 11) is 0. The summed E-state index contributed by atoms with van der Waals surface area (Å²) >= 11 is 0. The van der Waals surface area contributed by atoms with E-state index in [1.54, 1.807) is 0 Å². The molecule has 0 saturated heterocycles. The molecule has 0 amide bonds. The van der Waals surface area contributed by atoms with E-state index in [0.29, 0.717) is 13.2 Å². The molecule has 1 atom stereocenters. The summed E-state index contributed by atoms with van der Waals surface area (Å²) < 4.78 is 5.88. The van der Waals surface area contributed by atoms with Crippen molar-refractivity contribution in [2.45, 2.75) is 39.2 Å². The number of aliphatic hydroxyl groups excluding tert-OH is 1. The van der Waals surface area contributed by atoms with Crippen LogP contribution in [0.1, 0.15) is 44.8 Å². The Morgan fingerprint density at radius 1 is 1.29 bits per heavy atom. The zero-order valence-corrected chi connectivity index (χ0v) is 14.9. The van der Waals surface area contributed by atoms with Gasteiger partial charge in [-0.1, -0.05) is 30.3 Å². The van der Waals surface area contributed by atoms with Gasteiger partial charge in [0.1, 0.15) is 0 Å². The second-order valence-electron chi connectivity index (χ2n) is 6.56. The van der Waals surface area contributed by atoms with E-state index in [1.807, 2.05) is 18.2 Å². The van der Waals surface area contributed by atoms with Crippen LogP contribution in [0.25, 0.3) is 0 Å². The standard InChI is InChI=1S/C19H31N3O2/c1-3-20-18(22-14-19(15-23)10-11-19)21-12-7-13-24-16(2)17-8-5-4-6-9-17/h4-6,8-9,16,23H,3,7,10-15H2,1-2H3,(H2,20,21,22). The quantitative estimate of drug-likeness (QED) is 0.350. The van der Waals surface area contributed by atoms with Gasteiger partial charge < -0.3 is 20.5 Å². The number of aliphatic hydroxyl groups is 1. The zero-order chi connectivity index (χ0) is 17.3. The Kier molecular flexibility index (Phi) is 7.53. The fraction of sp³-hybridized carbons (Fsp3) is 0.632. The number of nitrogens with zero attached hydrogens (tertiary/aromatic N) is 1. The average Bonchev–Trinajstić information content (AvgIpc) is 3.40. The van der Waals surface area contributed by atoms with E-state index in [1.165, 1.54) is 5.56 Å². The van der Waals surface area contributed by atoms with E-state index in [-0.39, 0.29) is 18.1 Å². The molecule has 1 aromatic rings. The van der Waals surface area contributed by atoms with Crippen LogP contribution in [0.2, 0.25) is 0 Å². The maximum atomic E-state index is 9.36. The molecule has 0 radical (unpaired) electrons. The number of hydrogen-bond acceptors (Lipinski definition) is 3. The molecule has 24 heavy (non-hydrogen) atoms. The van der Waals surface area contributed by atoms with Gasteiger partial charge in [0.25, 0.3) is 0 Å². The van der Waals surface area contributed by atoms with Crippen LogP contribution in [0.15, 0.2) is 35.3 Å². The smallest absolute Gasteiger partial charge is 0.191 e. The van der Waals surface area contributed by atoms with Gasteiger partial charge in [0.2, 0.25) is 0 Å². The van der Waals surface area contributed by atoms with Crippen LogP contribution in [-0.2, 0) is 4.74 Å². The molecule has 134 valence electrons. The molecule has 1 unspecified atom stereocenters. The third-order valence-electron chi connectivity index (χ3n) is 4.46. The van der Waals surface area contributed by atoms with Gasteiger partial charge >= 0.3 is 0 Å². The van der Waals surface area contributed by atoms with E-state index in [2.05, 4.69) is 41.6 Å². The van der Waals surface area contributed by atoms with Gasteiger partial charge in [-0.3, -0.25) is 4.99 Å². The zero-order valence-electron chi connectivity index (χ0n) is 14.9. The highest BCUT2D eigenvalue weighted by molar-refractivity contribution is 5.79. The lowest BCUT2D eigenvalue weighted by Crippen LogP contribution is -2.38. The molecule has 0 heterocycles. The fourth-order valence-corrected chi connectivity index (χ4v) is 2.49. The number of hydrogen-bond donors (Lipinski definition) is 3. The molecule has 0 spiro atoms. The Hall–Kier alpha value is -1.59. The van der Waals surface area contributed by atoms with Gasteiger partial charge in [0.15, 0.2) is 5.96 Å². The third kappa shape index (κ3) is 6.13. The number of guanidine groups is 1. The maximum absolute atomic E-state index is 9.36. The Balaban J connectivity index is 1.64. The molecular weight excluding hydrogens is 302 g/mol. The average molecular weight is 333 g/mol. The third-order valence-corrected chi connectivity index (χ3v) is 4.46. The second-order valence-corrected chi connectivity index (χ2v) is 6.56. The SMILES string of the molecule is CCNC(=NCC1(CO)CC1)NCCCOC(C)c1ccccc1. The van der Waals surface area contributed by atoms with E-state index < -0.39 is 0 Å². The molecule has 5 nitrogen and oxygen atoms in total. The van der Waals surface area contributed by atoms with Crippen LogP contribution in [-0.4, -0.2) is 43.9 Å². The topological polar surface area (TPSA) is 65.9 Å². The van der Waals surface area contributed by atoms with E-state index in [0.717, 1.165) is 38.3 Å². The molecule has 1 aromatic carbocycles. The van der Waals surface area contributed by atoms with Crippen molar-refractivity contribution in [3.05, 3.63) is 35.9 Å². The minimum Gasteiger partial charge on any atom is -0.396 e. The summed E-state index contributed by atoms with van der Waals surface area (Å²) in [5, 5.41) is 15.9. The van der Waals surface area contributed by atoms with Crippen molar-refractivity contribution < 1.29 is 9.84 Å². The number of ether oxygens (including phenoxy) is 1. The van der Waals surface area contributed by atoms with Gasteiger partial charge in [0, 0.05) is 25.1 Å². The van der Waals surface area contributed by atoms with E-state index >= 15 is 0 Å². The molecule has 2 rings (SSSR count). The summed E-state index contributed by atoms with van der Waals surface area (Å²) in [4.78, 5) is 4.59. The Bertz CT molecular complexity index is 501. The number of aliphatic imine (C=N–C) groups is 1. The van der Waals surface area contributed by atoms with Crippen LogP contribution in [0.5, 0.6) is 0 Å². The predicted octanol–water partition coefficient (Wildman–Crippen LogP) is 2.48. The summed E-state index contributed by atoms with van der Waals surface area (Å²) in [6.07, 6.45) is 3.20. The molecule has 1 saturated carbocycles. The first-order valence-electron chi connectivity index (χ1n) is 8.99. The van der Waals surface area contributed by atoms with Crippen molar-refractivity contribution in [1.29, 1.82) is 0 Å². The summed E-state index contributed by atoms with van der Waals surface area (Å²) in [6.45, 7) is 7.43. The Labute approximate surface area is 145 Å². The summed E-state index contributed by atoms with van der Waals surface area (Å²) in [5.74, 6) is 0.827. The lowest BCUT2D eigenvalue weighted by molar-refractivity contribution is 0.0646. The predicted molar refractivity (Wildman–Crippen MR) is 98.2 cm³/mol. The van der Waals surface area contributed by atoms with Gasteiger partial charge in [-0.05, 0) is 38.7 Å². The number of nitrogens with one attached hydrogen (secondary N) is 2. The number of benzene rings is 1. The monoisotopic (exact) mass is 333 g/mol. The fourth-order valence-electron chi connectivity index (χ4n) is 2.49. The normalized spacial score (nSPS) is 17.4. The molecule has 1 aliphatic rings. The van der Waals surface area contributed by atoms with Gasteiger partial charge in [-0.25, -0.2) is 0 Å². The molecule has 0 aliphatic heterocycles. The molecule has 1 aliphatic carbocycles. The lowest BCUT2D eigenvalue weighted by atomic mass is 10.1. The van der Waals surface area contributed by atoms with Crippen molar-refractivity contribution in [2.24, 2.45) is 10.4 Å². The Morgan fingerprint density at radius 3 is 2.67 bits per heavy atom. The summed E-state index contributed by atoms with van der Waals surface area (Å²) in [5.41, 5.74) is 1.26. The van der Waals surface area contributed by atoms with Crippen molar-refractivity contribution in [2.75, 3.05) is 32.8 Å². The highest BCUT2D eigenvalue weighted by atomic mass is 16.5. The highest BCUT2D eigenvalue weighted by Crippen LogP contribution is 2.45. The molecule has 5 heteroatoms. The molecular formula is C19H31N3O2. The highest BCUT2D eigenvalue weighted by Gasteiger charge is 2.41. The molecule has 0 bridgehead atoms. The largest absolute Gasteiger partial charge is 0.396 e. The minimum atomic E-state index is 0.0522. The summed E-state index contributed by atoms with van der Waals surface area (Å²) in [6, 6.07) is 10.3. The van der Waals surface area contributed by atoms with Crippen molar-refractivity contribution >= 4 is 5.96 Å². The first-order valence-corrected chi connectivity index (χ1v) is 8.99. The first kappa shape index (κ1) is 18.7. The Morgan fingerprint density at radius 2 is 2.04 bits per heavy atom. The minimum absolute atomic E-state index is 0.0522. The van der Waals surface area contributed by atoms with Gasteiger partial charge in [-0.15, -0.1) is 0 Å². The first-order chi connectivity index (χ1) is 11.7. The van der Waals surface area contributed by atoms with Crippen molar-refractivity contribution in [1.82, 2.24) is 10.6 Å². The van der Waals surface area contributed by atoms with Crippen LogP contribution >= 0.6 is 0 Å². The van der Waals surface area contributed by atoms with E-state index in [4.69, 9.17) is 4.74 Å². The van der Waals surface area contributed by atoms with Crippen molar-refractivity contribution in [3.63, 3.8) is 0 Å². The van der Waals surface area contributed by atoms with E-state index in [9.17, 15) is 5.11 Å². The molecule has 3 N–H and O–H groups in total.